The molecule has 0 fully saturated rings. The summed E-state index contributed by atoms with van der Waals surface area (Å²) in [5.41, 5.74) is 0. The van der Waals surface area contributed by atoms with Crippen LogP contribution < -0.4 is 5.32 Å². The molecule has 0 aliphatic carbocycles. The van der Waals surface area contributed by atoms with Crippen molar-refractivity contribution in [2.75, 3.05) is 5.75 Å². The molecule has 92 valence electrons. The standard InChI is InChI=1S/C11H19NO3S/c1-3-9(4-2)7-11(13)12-10-5-6-16(14,15)8-10/h5-6,9-10H,3-4,7-8H2,1-2H3,(H,12,13)/t10-/m0/s1. The summed E-state index contributed by atoms with van der Waals surface area (Å²) in [5.74, 6) is 0.337. The molecule has 0 aromatic heterocycles. The highest BCUT2D eigenvalue weighted by atomic mass is 32.2. The average Bonchev–Trinajstić information content (AvgIpc) is 2.54. The number of amides is 1. The van der Waals surface area contributed by atoms with Crippen LogP contribution in [0.4, 0.5) is 0 Å². The van der Waals surface area contributed by atoms with Crippen LogP contribution in [0.5, 0.6) is 0 Å². The Morgan fingerprint density at radius 3 is 2.50 bits per heavy atom. The van der Waals surface area contributed by atoms with Crippen LogP contribution in [0.2, 0.25) is 0 Å². The number of sulfone groups is 1. The molecule has 0 spiro atoms. The van der Waals surface area contributed by atoms with E-state index in [1.165, 1.54) is 5.41 Å². The van der Waals surface area contributed by atoms with Gasteiger partial charge in [0.1, 0.15) is 0 Å². The molecule has 0 aromatic rings. The summed E-state index contributed by atoms with van der Waals surface area (Å²) in [5, 5.41) is 3.90. The summed E-state index contributed by atoms with van der Waals surface area (Å²) >= 11 is 0. The van der Waals surface area contributed by atoms with Gasteiger partial charge in [0.05, 0.1) is 11.8 Å². The molecular weight excluding hydrogens is 226 g/mol. The molecule has 1 aliphatic heterocycles. The van der Waals surface area contributed by atoms with Gasteiger partial charge in [-0.1, -0.05) is 26.7 Å². The summed E-state index contributed by atoms with van der Waals surface area (Å²) in [6, 6.07) is -0.341. The summed E-state index contributed by atoms with van der Waals surface area (Å²) < 4.78 is 22.2. The van der Waals surface area contributed by atoms with Crippen LogP contribution in [0.1, 0.15) is 33.1 Å². The first-order valence-electron chi connectivity index (χ1n) is 5.67. The van der Waals surface area contributed by atoms with Crippen LogP contribution in [0.25, 0.3) is 0 Å². The minimum atomic E-state index is -3.08. The normalized spacial score (nSPS) is 22.6. The molecule has 0 bridgehead atoms. The Labute approximate surface area is 97.0 Å². The summed E-state index contributed by atoms with van der Waals surface area (Å²) in [7, 11) is -3.08. The second-order valence-corrected chi connectivity index (χ2v) is 6.15. The quantitative estimate of drug-likeness (QED) is 0.792. The molecule has 4 nitrogen and oxygen atoms in total. The van der Waals surface area contributed by atoms with Gasteiger partial charge < -0.3 is 5.32 Å². The average molecular weight is 245 g/mol. The fraction of sp³-hybridized carbons (Fsp3) is 0.727. The van der Waals surface area contributed by atoms with Crippen molar-refractivity contribution < 1.29 is 13.2 Å². The molecule has 0 radical (unpaired) electrons. The molecule has 16 heavy (non-hydrogen) atoms. The van der Waals surface area contributed by atoms with Crippen LogP contribution in [0.3, 0.4) is 0 Å². The maximum atomic E-state index is 11.6. The first-order valence-corrected chi connectivity index (χ1v) is 7.38. The van der Waals surface area contributed by atoms with Crippen molar-refractivity contribution in [1.82, 2.24) is 5.32 Å². The molecule has 1 rings (SSSR count). The van der Waals surface area contributed by atoms with Gasteiger partial charge in [-0.15, -0.1) is 0 Å². The van der Waals surface area contributed by atoms with Crippen LogP contribution in [0.15, 0.2) is 11.5 Å². The molecule has 0 saturated carbocycles. The largest absolute Gasteiger partial charge is 0.349 e. The van der Waals surface area contributed by atoms with E-state index in [2.05, 4.69) is 19.2 Å². The number of rotatable bonds is 5. The van der Waals surface area contributed by atoms with E-state index >= 15 is 0 Å². The Kier molecular flexibility index (Phi) is 4.53. The second kappa shape index (κ2) is 5.48. The van der Waals surface area contributed by atoms with Gasteiger partial charge in [0, 0.05) is 11.8 Å². The third kappa shape index (κ3) is 3.96. The zero-order valence-electron chi connectivity index (χ0n) is 9.77. The monoisotopic (exact) mass is 245 g/mol. The van der Waals surface area contributed by atoms with E-state index in [-0.39, 0.29) is 17.7 Å². The predicted octanol–water partition coefficient (Wildman–Crippen LogP) is 1.24. The fourth-order valence-corrected chi connectivity index (χ4v) is 3.01. The molecule has 1 N–H and O–H groups in total. The lowest BCUT2D eigenvalue weighted by Crippen LogP contribution is -2.36. The van der Waals surface area contributed by atoms with E-state index < -0.39 is 9.84 Å². The Morgan fingerprint density at radius 1 is 1.44 bits per heavy atom. The molecule has 5 heteroatoms. The number of hydrogen-bond donors (Lipinski definition) is 1. The van der Waals surface area contributed by atoms with E-state index in [0.29, 0.717) is 12.3 Å². The van der Waals surface area contributed by atoms with Gasteiger partial charge in [0.15, 0.2) is 9.84 Å². The predicted molar refractivity (Wildman–Crippen MR) is 63.5 cm³/mol. The highest BCUT2D eigenvalue weighted by Gasteiger charge is 2.23. The number of carbonyl (C=O) groups is 1. The van der Waals surface area contributed by atoms with Crippen LogP contribution in [-0.4, -0.2) is 26.1 Å². The Hall–Kier alpha value is -0.840. The number of hydrogen-bond acceptors (Lipinski definition) is 3. The maximum Gasteiger partial charge on any atom is 0.220 e. The Morgan fingerprint density at radius 2 is 2.06 bits per heavy atom. The molecule has 0 aromatic carbocycles. The molecule has 1 atom stereocenters. The third-order valence-corrected chi connectivity index (χ3v) is 4.30. The van der Waals surface area contributed by atoms with Gasteiger partial charge in [0.25, 0.3) is 0 Å². The van der Waals surface area contributed by atoms with Gasteiger partial charge in [-0.25, -0.2) is 8.42 Å². The highest BCUT2D eigenvalue weighted by Crippen LogP contribution is 2.13. The van der Waals surface area contributed by atoms with Gasteiger partial charge in [0.2, 0.25) is 5.91 Å². The Balaban J connectivity index is 2.39. The minimum Gasteiger partial charge on any atom is -0.349 e. The van der Waals surface area contributed by atoms with Gasteiger partial charge in [-0.2, -0.15) is 0 Å². The lowest BCUT2D eigenvalue weighted by molar-refractivity contribution is -0.122. The summed E-state index contributed by atoms with van der Waals surface area (Å²) in [4.78, 5) is 11.6. The SMILES string of the molecule is CCC(CC)CC(=O)N[C@H]1C=CS(=O)(=O)C1. The van der Waals surface area contributed by atoms with Crippen molar-refractivity contribution in [3.05, 3.63) is 11.5 Å². The van der Waals surface area contributed by atoms with Crippen molar-refractivity contribution in [1.29, 1.82) is 0 Å². The second-order valence-electron chi connectivity index (χ2n) is 4.22. The van der Waals surface area contributed by atoms with Crippen molar-refractivity contribution in [2.24, 2.45) is 5.92 Å². The first kappa shape index (κ1) is 13.2. The number of carbonyl (C=O) groups excluding carboxylic acids is 1. The maximum absolute atomic E-state index is 11.6. The van der Waals surface area contributed by atoms with Gasteiger partial charge >= 0.3 is 0 Å². The number of nitrogens with one attached hydrogen (secondary N) is 1. The zero-order chi connectivity index (χ0) is 12.2. The van der Waals surface area contributed by atoms with Crippen molar-refractivity contribution in [2.45, 2.75) is 39.2 Å². The zero-order valence-corrected chi connectivity index (χ0v) is 10.6. The van der Waals surface area contributed by atoms with Crippen molar-refractivity contribution >= 4 is 15.7 Å². The van der Waals surface area contributed by atoms with Crippen LogP contribution in [0, 0.1) is 5.92 Å². The van der Waals surface area contributed by atoms with E-state index in [4.69, 9.17) is 0 Å². The van der Waals surface area contributed by atoms with E-state index in [0.717, 1.165) is 12.8 Å². The van der Waals surface area contributed by atoms with E-state index in [1.807, 2.05) is 0 Å². The lowest BCUT2D eigenvalue weighted by Gasteiger charge is -2.14. The Bertz CT molecular complexity index is 369. The third-order valence-electron chi connectivity index (χ3n) is 2.91. The molecule has 0 unspecified atom stereocenters. The molecule has 1 aliphatic rings. The van der Waals surface area contributed by atoms with Crippen molar-refractivity contribution in [3.63, 3.8) is 0 Å². The minimum absolute atomic E-state index is 0.00164. The van der Waals surface area contributed by atoms with Crippen molar-refractivity contribution in [3.8, 4) is 0 Å². The molecule has 0 saturated heterocycles. The van der Waals surface area contributed by atoms with Gasteiger partial charge in [-0.3, -0.25) is 4.79 Å². The van der Waals surface area contributed by atoms with E-state index in [9.17, 15) is 13.2 Å². The van der Waals surface area contributed by atoms with Gasteiger partial charge in [-0.05, 0) is 12.0 Å². The highest BCUT2D eigenvalue weighted by molar-refractivity contribution is 7.94. The molecule has 1 amide bonds. The molecule has 1 heterocycles. The van der Waals surface area contributed by atoms with Crippen LogP contribution in [-0.2, 0) is 14.6 Å². The fourth-order valence-electron chi connectivity index (χ4n) is 1.77. The van der Waals surface area contributed by atoms with Crippen LogP contribution >= 0.6 is 0 Å². The molecular formula is C11H19NO3S. The summed E-state index contributed by atoms with van der Waals surface area (Å²) in [6.45, 7) is 4.11. The van der Waals surface area contributed by atoms with E-state index in [1.54, 1.807) is 6.08 Å². The lowest BCUT2D eigenvalue weighted by atomic mass is 9.99. The first-order chi connectivity index (χ1) is 7.46. The summed E-state index contributed by atoms with van der Waals surface area (Å²) in [6.07, 6.45) is 3.98. The smallest absolute Gasteiger partial charge is 0.220 e. The topological polar surface area (TPSA) is 63.2 Å².